The molecule has 1 amide bonds. The average Bonchev–Trinajstić information content (AvgIpc) is 3.84. The van der Waals surface area contributed by atoms with E-state index in [2.05, 4.69) is 28.4 Å². The quantitative estimate of drug-likeness (QED) is 0.242. The van der Waals surface area contributed by atoms with Crippen LogP contribution >= 0.6 is 0 Å². The number of pyridine rings is 1. The van der Waals surface area contributed by atoms with Crippen LogP contribution in [0.5, 0.6) is 0 Å². The zero-order valence-corrected chi connectivity index (χ0v) is 21.2. The van der Waals surface area contributed by atoms with Gasteiger partial charge in [0.15, 0.2) is 5.78 Å². The van der Waals surface area contributed by atoms with E-state index in [1.165, 1.54) is 18.3 Å². The van der Waals surface area contributed by atoms with Crippen LogP contribution in [0.4, 0.5) is 10.2 Å². The summed E-state index contributed by atoms with van der Waals surface area (Å²) in [6, 6.07) is 3.33. The highest BCUT2D eigenvalue weighted by Crippen LogP contribution is 2.39. The number of fused-ring (bicyclic) bond motifs is 2. The maximum absolute atomic E-state index is 15.1. The number of carbonyl (C=O) groups excluding carboxylic acids is 2. The standard InChI is InChI=1S/C29H26FN7O2/c1-2-25(38)35-10-9-19(14-35)37-27-20(28(39)16-3-4-16)13-32-29(31)26(27)22(34-37)8-5-17-11-23-24(12-21(17)30)36(15-33-23)18-6-7-18/h2,11-13,15-16,18-19H,1,3-4,6-7,9-10,14H2,(H2,31,32)/t19-/m0/s1. The van der Waals surface area contributed by atoms with Crippen molar-refractivity contribution in [1.29, 1.82) is 0 Å². The first-order valence-corrected chi connectivity index (χ1v) is 13.2. The van der Waals surface area contributed by atoms with E-state index >= 15 is 4.39 Å². The van der Waals surface area contributed by atoms with E-state index in [9.17, 15) is 9.59 Å². The fourth-order valence-corrected chi connectivity index (χ4v) is 5.48. The van der Waals surface area contributed by atoms with Gasteiger partial charge in [0.25, 0.3) is 0 Å². The molecule has 1 atom stereocenters. The molecule has 0 spiro atoms. The van der Waals surface area contributed by atoms with Crippen LogP contribution in [0.15, 0.2) is 37.3 Å². The van der Waals surface area contributed by atoms with Crippen molar-refractivity contribution in [3.63, 3.8) is 0 Å². The number of benzene rings is 1. The van der Waals surface area contributed by atoms with E-state index in [0.29, 0.717) is 53.2 Å². The molecule has 9 nitrogen and oxygen atoms in total. The summed E-state index contributed by atoms with van der Waals surface area (Å²) in [4.78, 5) is 35.9. The number of hydrogen-bond donors (Lipinski definition) is 1. The highest BCUT2D eigenvalue weighted by Gasteiger charge is 2.35. The lowest BCUT2D eigenvalue weighted by Crippen LogP contribution is -2.27. The van der Waals surface area contributed by atoms with Crippen LogP contribution in [0.3, 0.4) is 0 Å². The Morgan fingerprint density at radius 1 is 1.10 bits per heavy atom. The minimum atomic E-state index is -0.439. The van der Waals surface area contributed by atoms with E-state index in [1.807, 2.05) is 4.57 Å². The normalized spacial score (nSPS) is 18.9. The number of rotatable bonds is 5. The van der Waals surface area contributed by atoms with Gasteiger partial charge in [0.05, 0.1) is 45.4 Å². The number of carbonyl (C=O) groups is 2. The number of Topliss-reactive ketones (excluding diaryl/α,β-unsaturated/α-hetero) is 1. The van der Waals surface area contributed by atoms with Crippen molar-refractivity contribution < 1.29 is 14.0 Å². The fraction of sp³-hybridized carbons (Fsp3) is 0.345. The Kier molecular flexibility index (Phi) is 5.30. The first kappa shape index (κ1) is 23.6. The van der Waals surface area contributed by atoms with E-state index in [1.54, 1.807) is 22.0 Å². The molecule has 4 heterocycles. The van der Waals surface area contributed by atoms with E-state index in [-0.39, 0.29) is 35.0 Å². The van der Waals surface area contributed by atoms with Crippen LogP contribution in [0, 0.1) is 23.6 Å². The van der Waals surface area contributed by atoms with Crippen LogP contribution in [-0.2, 0) is 4.79 Å². The largest absolute Gasteiger partial charge is 0.383 e. The van der Waals surface area contributed by atoms with Crippen molar-refractivity contribution in [2.45, 2.75) is 44.2 Å². The summed E-state index contributed by atoms with van der Waals surface area (Å²) in [5.74, 6) is 5.51. The molecule has 0 unspecified atom stereocenters. The molecule has 7 rings (SSSR count). The van der Waals surface area contributed by atoms with Crippen molar-refractivity contribution in [2.24, 2.45) is 5.92 Å². The number of nitrogens with two attached hydrogens (primary N) is 1. The summed E-state index contributed by atoms with van der Waals surface area (Å²) in [5, 5.41) is 5.26. The minimum absolute atomic E-state index is 0.00734. The molecule has 196 valence electrons. The predicted molar refractivity (Wildman–Crippen MR) is 143 cm³/mol. The van der Waals surface area contributed by atoms with Crippen molar-refractivity contribution >= 4 is 39.4 Å². The van der Waals surface area contributed by atoms with Gasteiger partial charge in [-0.05, 0) is 50.2 Å². The maximum Gasteiger partial charge on any atom is 0.246 e. The Bertz CT molecular complexity index is 1770. The summed E-state index contributed by atoms with van der Waals surface area (Å²) in [6.45, 7) is 4.55. The van der Waals surface area contributed by atoms with Gasteiger partial charge in [-0.25, -0.2) is 14.4 Å². The molecule has 1 saturated heterocycles. The molecule has 3 fully saturated rings. The van der Waals surface area contributed by atoms with E-state index in [0.717, 1.165) is 31.2 Å². The molecule has 3 aromatic heterocycles. The number of halogens is 1. The molecule has 4 aromatic rings. The third-order valence-electron chi connectivity index (χ3n) is 7.88. The van der Waals surface area contributed by atoms with Gasteiger partial charge in [-0.2, -0.15) is 5.10 Å². The Hall–Kier alpha value is -4.52. The lowest BCUT2D eigenvalue weighted by Gasteiger charge is -2.16. The van der Waals surface area contributed by atoms with Crippen LogP contribution in [-0.4, -0.2) is 54.0 Å². The second kappa shape index (κ2) is 8.76. The first-order chi connectivity index (χ1) is 18.9. The van der Waals surface area contributed by atoms with Crippen LogP contribution in [0.25, 0.3) is 21.9 Å². The molecule has 39 heavy (non-hydrogen) atoms. The molecular weight excluding hydrogens is 497 g/mol. The minimum Gasteiger partial charge on any atom is -0.383 e. The van der Waals surface area contributed by atoms with Gasteiger partial charge in [0.2, 0.25) is 5.91 Å². The molecular formula is C29H26FN7O2. The topological polar surface area (TPSA) is 112 Å². The lowest BCUT2D eigenvalue weighted by molar-refractivity contribution is -0.125. The second-order valence-corrected chi connectivity index (χ2v) is 10.6. The Morgan fingerprint density at radius 3 is 2.67 bits per heavy atom. The number of ketones is 1. The summed E-state index contributed by atoms with van der Waals surface area (Å²) in [7, 11) is 0. The van der Waals surface area contributed by atoms with Gasteiger partial charge < -0.3 is 15.2 Å². The number of imidazole rings is 1. The third kappa shape index (κ3) is 3.96. The number of amides is 1. The Morgan fingerprint density at radius 2 is 1.92 bits per heavy atom. The molecule has 0 radical (unpaired) electrons. The molecule has 2 aliphatic carbocycles. The number of anilines is 1. The van der Waals surface area contributed by atoms with Crippen LogP contribution < -0.4 is 5.73 Å². The van der Waals surface area contributed by atoms with Gasteiger partial charge in [-0.3, -0.25) is 14.3 Å². The van der Waals surface area contributed by atoms with Crippen molar-refractivity contribution in [3.8, 4) is 11.8 Å². The van der Waals surface area contributed by atoms with Gasteiger partial charge in [0, 0.05) is 37.3 Å². The number of likely N-dealkylation sites (tertiary alicyclic amines) is 1. The molecule has 0 bridgehead atoms. The van der Waals surface area contributed by atoms with Gasteiger partial charge in [-0.1, -0.05) is 12.5 Å². The highest BCUT2D eigenvalue weighted by molar-refractivity contribution is 6.11. The third-order valence-corrected chi connectivity index (χ3v) is 7.88. The average molecular weight is 524 g/mol. The zero-order chi connectivity index (χ0) is 26.8. The van der Waals surface area contributed by atoms with E-state index < -0.39 is 5.82 Å². The maximum atomic E-state index is 15.1. The molecule has 2 saturated carbocycles. The van der Waals surface area contributed by atoms with E-state index in [4.69, 9.17) is 10.8 Å². The fourth-order valence-electron chi connectivity index (χ4n) is 5.48. The van der Waals surface area contributed by atoms with Crippen molar-refractivity contribution in [2.75, 3.05) is 18.8 Å². The predicted octanol–water partition coefficient (Wildman–Crippen LogP) is 3.79. The monoisotopic (exact) mass is 523 g/mol. The smallest absolute Gasteiger partial charge is 0.246 e. The summed E-state index contributed by atoms with van der Waals surface area (Å²) in [6.07, 6.45) is 9.04. The number of nitrogen functional groups attached to an aromatic ring is 1. The number of hydrogen-bond acceptors (Lipinski definition) is 6. The van der Waals surface area contributed by atoms with Gasteiger partial charge in [0.1, 0.15) is 17.3 Å². The van der Waals surface area contributed by atoms with Gasteiger partial charge >= 0.3 is 0 Å². The van der Waals surface area contributed by atoms with Crippen molar-refractivity contribution in [1.82, 2.24) is 29.2 Å². The highest BCUT2D eigenvalue weighted by atomic mass is 19.1. The lowest BCUT2D eigenvalue weighted by atomic mass is 10.0. The Balaban J connectivity index is 1.34. The van der Waals surface area contributed by atoms with Crippen LogP contribution in [0.1, 0.15) is 65.8 Å². The van der Waals surface area contributed by atoms with Crippen molar-refractivity contribution in [3.05, 3.63) is 59.9 Å². The first-order valence-electron chi connectivity index (χ1n) is 13.2. The molecule has 10 heteroatoms. The molecule has 1 aromatic carbocycles. The summed E-state index contributed by atoms with van der Waals surface area (Å²) in [5.41, 5.74) is 9.31. The van der Waals surface area contributed by atoms with Crippen LogP contribution in [0.2, 0.25) is 0 Å². The number of nitrogens with zero attached hydrogens (tertiary/aromatic N) is 6. The second-order valence-electron chi connectivity index (χ2n) is 10.6. The molecule has 2 N–H and O–H groups in total. The number of aromatic nitrogens is 5. The van der Waals surface area contributed by atoms with Gasteiger partial charge in [-0.15, -0.1) is 0 Å². The summed E-state index contributed by atoms with van der Waals surface area (Å²) < 4.78 is 18.9. The SMILES string of the molecule is C=CC(=O)N1CC[C@H](n2nc(C#Cc3cc4ncn(C5CC5)c4cc3F)c3c(N)ncc(C(=O)C4CC4)c32)C1. The molecule has 1 aliphatic heterocycles. The zero-order valence-electron chi connectivity index (χ0n) is 21.2. The summed E-state index contributed by atoms with van der Waals surface area (Å²) >= 11 is 0. The molecule has 3 aliphatic rings. The Labute approximate surface area is 223 Å².